The standard InChI is InChI=1S/C16H27F3N2O2/c1-12(2)10-14(4-3-5-14)11-20-13(22)21-8-6-15(23,7-9-21)16(17,18)19/h12,23H,3-11H2,1-2H3,(H,20,22). The van der Waals surface area contributed by atoms with Gasteiger partial charge < -0.3 is 15.3 Å². The molecule has 2 amide bonds. The highest BCUT2D eigenvalue weighted by molar-refractivity contribution is 5.74. The minimum atomic E-state index is -4.64. The molecule has 23 heavy (non-hydrogen) atoms. The monoisotopic (exact) mass is 336 g/mol. The van der Waals surface area contributed by atoms with Crippen molar-refractivity contribution in [2.45, 2.75) is 64.1 Å². The molecule has 1 saturated carbocycles. The molecule has 2 aliphatic rings. The molecule has 0 aromatic heterocycles. The molecule has 0 atom stereocenters. The number of hydrogen-bond donors (Lipinski definition) is 2. The summed E-state index contributed by atoms with van der Waals surface area (Å²) in [5.41, 5.74) is -2.50. The van der Waals surface area contributed by atoms with Gasteiger partial charge in [-0.2, -0.15) is 13.2 Å². The highest BCUT2D eigenvalue weighted by atomic mass is 19.4. The first-order valence-corrected chi connectivity index (χ1v) is 8.39. The van der Waals surface area contributed by atoms with Gasteiger partial charge in [0.1, 0.15) is 0 Å². The van der Waals surface area contributed by atoms with Gasteiger partial charge in [0.25, 0.3) is 0 Å². The summed E-state index contributed by atoms with van der Waals surface area (Å²) in [7, 11) is 0. The van der Waals surface area contributed by atoms with Crippen LogP contribution in [0.2, 0.25) is 0 Å². The van der Waals surface area contributed by atoms with Crippen LogP contribution in [0.1, 0.15) is 52.4 Å². The minimum Gasteiger partial charge on any atom is -0.380 e. The topological polar surface area (TPSA) is 52.6 Å². The van der Waals surface area contributed by atoms with Crippen LogP contribution in [0, 0.1) is 11.3 Å². The van der Waals surface area contributed by atoms with E-state index in [1.54, 1.807) is 0 Å². The van der Waals surface area contributed by atoms with E-state index in [2.05, 4.69) is 19.2 Å². The number of carbonyl (C=O) groups excluding carboxylic acids is 1. The van der Waals surface area contributed by atoms with Crippen LogP contribution in [0.25, 0.3) is 0 Å². The number of likely N-dealkylation sites (tertiary alicyclic amines) is 1. The number of urea groups is 1. The molecule has 0 spiro atoms. The summed E-state index contributed by atoms with van der Waals surface area (Å²) >= 11 is 0. The smallest absolute Gasteiger partial charge is 0.380 e. The van der Waals surface area contributed by atoms with Crippen LogP contribution in [0.5, 0.6) is 0 Å². The van der Waals surface area contributed by atoms with Crippen LogP contribution >= 0.6 is 0 Å². The van der Waals surface area contributed by atoms with Gasteiger partial charge in [0.15, 0.2) is 5.60 Å². The highest BCUT2D eigenvalue weighted by Crippen LogP contribution is 2.45. The zero-order chi connectivity index (χ0) is 17.3. The molecule has 0 bridgehead atoms. The third-order valence-electron chi connectivity index (χ3n) is 5.28. The highest BCUT2D eigenvalue weighted by Gasteiger charge is 2.55. The number of hydrogen-bond acceptors (Lipinski definition) is 2. The molecule has 1 aliphatic carbocycles. The first-order valence-electron chi connectivity index (χ1n) is 8.39. The molecule has 0 aromatic carbocycles. The lowest BCUT2D eigenvalue weighted by atomic mass is 9.64. The van der Waals surface area contributed by atoms with E-state index < -0.39 is 24.6 Å². The summed E-state index contributed by atoms with van der Waals surface area (Å²) < 4.78 is 38.3. The summed E-state index contributed by atoms with van der Waals surface area (Å²) in [5.74, 6) is 0.559. The van der Waals surface area contributed by atoms with Crippen molar-refractivity contribution in [3.8, 4) is 0 Å². The van der Waals surface area contributed by atoms with Gasteiger partial charge in [0.05, 0.1) is 0 Å². The molecule has 1 aliphatic heterocycles. The maximum Gasteiger partial charge on any atom is 0.417 e. The van der Waals surface area contributed by atoms with E-state index in [0.29, 0.717) is 12.5 Å². The fraction of sp³-hybridized carbons (Fsp3) is 0.938. The molecular formula is C16H27F3N2O2. The van der Waals surface area contributed by atoms with Gasteiger partial charge >= 0.3 is 12.2 Å². The third kappa shape index (κ3) is 4.11. The Morgan fingerprint density at radius 2 is 1.78 bits per heavy atom. The molecule has 1 saturated heterocycles. The first kappa shape index (κ1) is 18.4. The van der Waals surface area contributed by atoms with Crippen molar-refractivity contribution in [1.29, 1.82) is 0 Å². The largest absolute Gasteiger partial charge is 0.417 e. The van der Waals surface area contributed by atoms with Gasteiger partial charge in [-0.1, -0.05) is 20.3 Å². The normalized spacial score (nSPS) is 23.5. The van der Waals surface area contributed by atoms with Crippen molar-refractivity contribution in [3.05, 3.63) is 0 Å². The molecule has 134 valence electrons. The molecule has 2 fully saturated rings. The summed E-state index contributed by atoms with van der Waals surface area (Å²) in [6.45, 7) is 4.76. The zero-order valence-electron chi connectivity index (χ0n) is 13.9. The lowest BCUT2D eigenvalue weighted by Gasteiger charge is -2.44. The Morgan fingerprint density at radius 3 is 2.17 bits per heavy atom. The van der Waals surface area contributed by atoms with Gasteiger partial charge in [-0.25, -0.2) is 4.79 Å². The Bertz CT molecular complexity index is 426. The van der Waals surface area contributed by atoms with Crippen molar-refractivity contribution in [3.63, 3.8) is 0 Å². The summed E-state index contributed by atoms with van der Waals surface area (Å²) in [4.78, 5) is 13.6. The van der Waals surface area contributed by atoms with Crippen molar-refractivity contribution in [2.75, 3.05) is 19.6 Å². The fourth-order valence-corrected chi connectivity index (χ4v) is 3.73. The predicted octanol–water partition coefficient (Wildman–Crippen LogP) is 3.30. The number of nitrogens with one attached hydrogen (secondary N) is 1. The van der Waals surface area contributed by atoms with E-state index in [1.807, 2.05) is 0 Å². The number of halogens is 3. The second-order valence-electron chi connectivity index (χ2n) is 7.63. The number of alkyl halides is 3. The Labute approximate surface area is 135 Å². The lowest BCUT2D eigenvalue weighted by molar-refractivity contribution is -0.271. The SMILES string of the molecule is CC(C)CC1(CNC(=O)N2CCC(O)(C(F)(F)F)CC2)CCC1. The molecule has 4 nitrogen and oxygen atoms in total. The summed E-state index contributed by atoms with van der Waals surface area (Å²) in [6.07, 6.45) is -1.13. The molecular weight excluding hydrogens is 309 g/mol. The molecule has 0 unspecified atom stereocenters. The maximum atomic E-state index is 12.8. The molecule has 1 heterocycles. The molecule has 2 N–H and O–H groups in total. The van der Waals surface area contributed by atoms with Crippen molar-refractivity contribution in [2.24, 2.45) is 11.3 Å². The number of aliphatic hydroxyl groups is 1. The zero-order valence-corrected chi connectivity index (χ0v) is 13.9. The Hall–Kier alpha value is -0.980. The van der Waals surface area contributed by atoms with Crippen LogP contribution < -0.4 is 5.32 Å². The summed E-state index contributed by atoms with van der Waals surface area (Å²) in [5, 5.41) is 12.5. The molecule has 7 heteroatoms. The number of amides is 2. The molecule has 0 radical (unpaired) electrons. The van der Waals surface area contributed by atoms with Crippen molar-refractivity contribution in [1.82, 2.24) is 10.2 Å². The van der Waals surface area contributed by atoms with Crippen LogP contribution in [0.3, 0.4) is 0 Å². The van der Waals surface area contributed by atoms with Crippen molar-refractivity contribution >= 4 is 6.03 Å². The molecule has 2 rings (SSSR count). The van der Waals surface area contributed by atoms with E-state index in [4.69, 9.17) is 0 Å². The van der Waals surface area contributed by atoms with Gasteiger partial charge in [-0.05, 0) is 30.6 Å². The van der Waals surface area contributed by atoms with E-state index in [-0.39, 0.29) is 24.5 Å². The van der Waals surface area contributed by atoms with E-state index in [0.717, 1.165) is 19.3 Å². The maximum absolute atomic E-state index is 12.8. The van der Waals surface area contributed by atoms with Gasteiger partial charge in [0, 0.05) is 32.5 Å². The summed E-state index contributed by atoms with van der Waals surface area (Å²) in [6, 6.07) is -0.316. The average Bonchev–Trinajstić information content (AvgIpc) is 2.40. The number of rotatable bonds is 4. The lowest BCUT2D eigenvalue weighted by Crippen LogP contribution is -2.56. The van der Waals surface area contributed by atoms with Crippen molar-refractivity contribution < 1.29 is 23.1 Å². The minimum absolute atomic E-state index is 0.0704. The van der Waals surface area contributed by atoms with Gasteiger partial charge in [0.2, 0.25) is 0 Å². The number of piperidine rings is 1. The third-order valence-corrected chi connectivity index (χ3v) is 5.28. The van der Waals surface area contributed by atoms with Crippen LogP contribution in [-0.2, 0) is 0 Å². The first-order chi connectivity index (χ1) is 10.6. The second kappa shape index (κ2) is 6.49. The van der Waals surface area contributed by atoms with Gasteiger partial charge in [-0.3, -0.25) is 0 Å². The van der Waals surface area contributed by atoms with Crippen LogP contribution in [0.4, 0.5) is 18.0 Å². The van der Waals surface area contributed by atoms with E-state index in [1.165, 1.54) is 11.3 Å². The number of nitrogens with zero attached hydrogens (tertiary/aromatic N) is 1. The van der Waals surface area contributed by atoms with E-state index in [9.17, 15) is 23.1 Å². The quantitative estimate of drug-likeness (QED) is 0.828. The Balaban J connectivity index is 1.82. The Morgan fingerprint density at radius 1 is 1.22 bits per heavy atom. The van der Waals surface area contributed by atoms with Crippen LogP contribution in [0.15, 0.2) is 0 Å². The number of carbonyl (C=O) groups is 1. The average molecular weight is 336 g/mol. The predicted molar refractivity (Wildman–Crippen MR) is 80.9 cm³/mol. The Kier molecular flexibility index (Phi) is 5.18. The van der Waals surface area contributed by atoms with E-state index >= 15 is 0 Å². The van der Waals surface area contributed by atoms with Crippen LogP contribution in [-0.4, -0.2) is 47.4 Å². The molecule has 0 aromatic rings. The van der Waals surface area contributed by atoms with Gasteiger partial charge in [-0.15, -0.1) is 0 Å². The fourth-order valence-electron chi connectivity index (χ4n) is 3.73. The second-order valence-corrected chi connectivity index (χ2v) is 7.63.